The van der Waals surface area contributed by atoms with Crippen LogP contribution in [0.25, 0.3) is 11.3 Å². The Bertz CT molecular complexity index is 1640. The summed E-state index contributed by atoms with van der Waals surface area (Å²) >= 11 is 0.771. The van der Waals surface area contributed by atoms with Crippen LogP contribution >= 0.6 is 11.8 Å². The molecule has 0 N–H and O–H groups in total. The van der Waals surface area contributed by atoms with Crippen molar-refractivity contribution < 1.29 is 35.6 Å². The lowest BCUT2D eigenvalue weighted by Gasteiger charge is -2.36. The first-order chi connectivity index (χ1) is 23.3. The van der Waals surface area contributed by atoms with Gasteiger partial charge in [-0.25, -0.2) is 12.8 Å². The lowest BCUT2D eigenvalue weighted by Crippen LogP contribution is -2.45. The summed E-state index contributed by atoms with van der Waals surface area (Å²) in [6.07, 6.45) is 0.899. The van der Waals surface area contributed by atoms with Crippen LogP contribution < -0.4 is 0 Å². The van der Waals surface area contributed by atoms with E-state index >= 15 is 0 Å². The molecule has 0 spiro atoms. The largest absolute Gasteiger partial charge is 0.417 e. The summed E-state index contributed by atoms with van der Waals surface area (Å²) in [7, 11) is -3.53. The van der Waals surface area contributed by atoms with Gasteiger partial charge in [0.05, 0.1) is 29.8 Å². The number of nitrogens with zero attached hydrogens (tertiary/aromatic N) is 6. The molecule has 5 heterocycles. The predicted octanol–water partition coefficient (Wildman–Crippen LogP) is 4.42. The molecule has 3 fully saturated rings. The number of carbonyl (C=O) groups is 2. The maximum Gasteiger partial charge on any atom is 0.417 e. The van der Waals surface area contributed by atoms with E-state index in [4.69, 9.17) is 5.10 Å². The average Bonchev–Trinajstić information content (AvgIpc) is 3.66. The smallest absolute Gasteiger partial charge is 0.340 e. The van der Waals surface area contributed by atoms with Crippen molar-refractivity contribution in [1.29, 1.82) is 0 Å². The second-order valence-electron chi connectivity index (χ2n) is 13.5. The Morgan fingerprint density at radius 1 is 1.02 bits per heavy atom. The molecular weight excluding hydrogens is 685 g/mol. The molecular formula is C33H44F4N6O4S2. The molecule has 3 saturated heterocycles. The van der Waals surface area contributed by atoms with Crippen molar-refractivity contribution in [2.24, 2.45) is 0 Å². The monoisotopic (exact) mass is 728 g/mol. The van der Waals surface area contributed by atoms with Crippen LogP contribution in [-0.4, -0.2) is 119 Å². The first-order valence-electron chi connectivity index (χ1n) is 17.1. The standard InChI is InChI=1S/C33H44F4N6O4S2/c1-49(46,47)41-18-11-28-26(21-41)32(38-43(28)15-4-12-39-16-9-25(10-17-39)42-14-3-6-30(42)44)23-7-8-27(33(35,36)37)29(19-23)48-22-31(45)40-13-2-5-24(34)20-40/h7-8,19,24-25H,2-6,9-18,20-22H2,1H3. The second kappa shape index (κ2) is 14.9. The number of likely N-dealkylation sites (tertiary alicyclic amines) is 3. The van der Waals surface area contributed by atoms with Crippen LogP contribution in [0.1, 0.15) is 61.8 Å². The van der Waals surface area contributed by atoms with Gasteiger partial charge in [0, 0.05) is 86.4 Å². The number of aromatic nitrogens is 2. The number of fused-ring (bicyclic) bond motifs is 1. The number of alkyl halides is 4. The highest BCUT2D eigenvalue weighted by atomic mass is 32.2. The van der Waals surface area contributed by atoms with Crippen molar-refractivity contribution in [3.63, 3.8) is 0 Å². The quantitative estimate of drug-likeness (QED) is 0.264. The van der Waals surface area contributed by atoms with Gasteiger partial charge in [0.25, 0.3) is 0 Å². The van der Waals surface area contributed by atoms with Gasteiger partial charge < -0.3 is 14.7 Å². The Morgan fingerprint density at radius 3 is 2.47 bits per heavy atom. The first kappa shape index (κ1) is 36.1. The summed E-state index contributed by atoms with van der Waals surface area (Å²) < 4.78 is 84.5. The minimum atomic E-state index is -4.66. The highest BCUT2D eigenvalue weighted by Crippen LogP contribution is 2.40. The Morgan fingerprint density at radius 2 is 1.80 bits per heavy atom. The van der Waals surface area contributed by atoms with Crippen LogP contribution in [0.2, 0.25) is 0 Å². The normalized spacial score (nSPS) is 21.8. The third kappa shape index (κ3) is 8.45. The van der Waals surface area contributed by atoms with E-state index in [9.17, 15) is 35.6 Å². The highest BCUT2D eigenvalue weighted by Gasteiger charge is 2.36. The molecule has 2 aromatic rings. The van der Waals surface area contributed by atoms with Gasteiger partial charge in [-0.05, 0) is 57.2 Å². The first-order valence-corrected chi connectivity index (χ1v) is 19.9. The van der Waals surface area contributed by atoms with E-state index in [1.165, 1.54) is 21.3 Å². The molecule has 2 amide bonds. The minimum Gasteiger partial charge on any atom is -0.340 e. The third-order valence-electron chi connectivity index (χ3n) is 10.1. The van der Waals surface area contributed by atoms with Gasteiger partial charge in [0.1, 0.15) is 6.17 Å². The van der Waals surface area contributed by atoms with Crippen LogP contribution in [-0.2, 0) is 45.3 Å². The zero-order chi connectivity index (χ0) is 34.9. The summed E-state index contributed by atoms with van der Waals surface area (Å²) in [5.41, 5.74) is 1.50. The topological polar surface area (TPSA) is 99.1 Å². The fourth-order valence-electron chi connectivity index (χ4n) is 7.53. The SMILES string of the molecule is CS(=O)(=O)N1CCc2c(c(-c3ccc(C(F)(F)F)c(SCC(=O)N4CCCC(F)C4)c3)nn2CCCN2CCC(N3CCCC3=O)CC2)C1. The summed E-state index contributed by atoms with van der Waals surface area (Å²) in [6, 6.07) is 4.04. The molecule has 1 unspecified atom stereocenters. The van der Waals surface area contributed by atoms with Crippen molar-refractivity contribution in [2.75, 3.05) is 57.8 Å². The fourth-order valence-corrected chi connectivity index (χ4v) is 9.32. The summed E-state index contributed by atoms with van der Waals surface area (Å²) in [4.78, 5) is 30.7. The summed E-state index contributed by atoms with van der Waals surface area (Å²) in [5, 5.41) is 4.87. The Labute approximate surface area is 289 Å². The molecule has 270 valence electrons. The van der Waals surface area contributed by atoms with E-state index in [0.717, 1.165) is 81.6 Å². The number of hydrogen-bond acceptors (Lipinski definition) is 7. The molecule has 6 rings (SSSR count). The zero-order valence-electron chi connectivity index (χ0n) is 27.8. The number of carbonyl (C=O) groups excluding carboxylic acids is 2. The van der Waals surface area contributed by atoms with Crippen LogP contribution in [0.5, 0.6) is 0 Å². The minimum absolute atomic E-state index is 0.0517. The maximum atomic E-state index is 14.1. The van der Waals surface area contributed by atoms with Crippen molar-refractivity contribution in [3.8, 4) is 11.3 Å². The number of benzene rings is 1. The van der Waals surface area contributed by atoms with E-state index in [1.54, 1.807) is 0 Å². The fraction of sp³-hybridized carbons (Fsp3) is 0.667. The Kier molecular flexibility index (Phi) is 11.0. The number of aryl methyl sites for hydroxylation is 1. The predicted molar refractivity (Wildman–Crippen MR) is 178 cm³/mol. The molecule has 16 heteroatoms. The Balaban J connectivity index is 1.20. The number of rotatable bonds is 10. The van der Waals surface area contributed by atoms with Gasteiger partial charge in [-0.1, -0.05) is 6.07 Å². The molecule has 10 nitrogen and oxygen atoms in total. The third-order valence-corrected chi connectivity index (χ3v) is 12.4. The molecule has 1 atom stereocenters. The van der Waals surface area contributed by atoms with E-state index < -0.39 is 33.8 Å². The number of hydrogen-bond donors (Lipinski definition) is 0. The van der Waals surface area contributed by atoms with Gasteiger partial charge in [0.15, 0.2) is 0 Å². The van der Waals surface area contributed by atoms with Gasteiger partial charge >= 0.3 is 6.18 Å². The van der Waals surface area contributed by atoms with E-state index in [1.807, 2.05) is 9.58 Å². The number of sulfonamides is 1. The molecule has 4 aliphatic rings. The molecule has 49 heavy (non-hydrogen) atoms. The number of amides is 2. The zero-order valence-corrected chi connectivity index (χ0v) is 29.4. The Hall–Kier alpha value is -2.69. The molecule has 0 saturated carbocycles. The average molecular weight is 729 g/mol. The van der Waals surface area contributed by atoms with Gasteiger partial charge in [-0.3, -0.25) is 14.3 Å². The van der Waals surface area contributed by atoms with Gasteiger partial charge in [0.2, 0.25) is 21.8 Å². The molecule has 0 bridgehead atoms. The highest BCUT2D eigenvalue weighted by molar-refractivity contribution is 8.00. The molecule has 1 aromatic heterocycles. The van der Waals surface area contributed by atoms with Gasteiger partial charge in [-0.15, -0.1) is 11.8 Å². The van der Waals surface area contributed by atoms with Crippen molar-refractivity contribution >= 4 is 33.6 Å². The lowest BCUT2D eigenvalue weighted by molar-refractivity contribution is -0.139. The molecule has 1 aromatic carbocycles. The summed E-state index contributed by atoms with van der Waals surface area (Å²) in [6.45, 7) is 4.72. The lowest BCUT2D eigenvalue weighted by atomic mass is 10.0. The molecule has 0 aliphatic carbocycles. The van der Waals surface area contributed by atoms with Gasteiger partial charge in [-0.2, -0.15) is 22.6 Å². The molecule has 0 radical (unpaired) electrons. The number of piperidine rings is 2. The van der Waals surface area contributed by atoms with E-state index in [-0.39, 0.29) is 36.2 Å². The van der Waals surface area contributed by atoms with Crippen molar-refractivity contribution in [3.05, 3.63) is 35.0 Å². The van der Waals surface area contributed by atoms with Crippen LogP contribution in [0.3, 0.4) is 0 Å². The van der Waals surface area contributed by atoms with E-state index in [0.29, 0.717) is 61.6 Å². The maximum absolute atomic E-state index is 14.1. The summed E-state index contributed by atoms with van der Waals surface area (Å²) in [5.74, 6) is -0.419. The van der Waals surface area contributed by atoms with E-state index in [2.05, 4.69) is 4.90 Å². The second-order valence-corrected chi connectivity index (χ2v) is 16.5. The number of halogens is 4. The molecule has 4 aliphatic heterocycles. The van der Waals surface area contributed by atoms with Crippen LogP contribution in [0.15, 0.2) is 23.1 Å². The van der Waals surface area contributed by atoms with Crippen LogP contribution in [0.4, 0.5) is 17.6 Å². The van der Waals surface area contributed by atoms with Crippen LogP contribution in [0, 0.1) is 0 Å². The van der Waals surface area contributed by atoms with Crippen molar-refractivity contribution in [1.82, 2.24) is 28.8 Å². The van der Waals surface area contributed by atoms with Crippen molar-refractivity contribution in [2.45, 2.75) is 87.7 Å². The number of thioether (sulfide) groups is 1.